The van der Waals surface area contributed by atoms with Gasteiger partial charge in [0, 0.05) is 27.6 Å². The molecule has 0 radical (unpaired) electrons. The Hall–Kier alpha value is -1.76. The zero-order valence-corrected chi connectivity index (χ0v) is 22.1. The predicted octanol–water partition coefficient (Wildman–Crippen LogP) is 5.94. The number of carbonyl (C=O) groups excluding carboxylic acids is 2. The number of halogens is 3. The lowest BCUT2D eigenvalue weighted by atomic mass is 10.1. The van der Waals surface area contributed by atoms with E-state index in [0.717, 1.165) is 15.6 Å². The molecule has 0 heterocycles. The number of hydrogen-bond donors (Lipinski definition) is 1. The first-order valence-electron chi connectivity index (χ1n) is 10.4. The molecule has 32 heavy (non-hydrogen) atoms. The van der Waals surface area contributed by atoms with E-state index in [1.54, 1.807) is 25.1 Å². The van der Waals surface area contributed by atoms with Gasteiger partial charge in [0.1, 0.15) is 11.8 Å². The molecular weight excluding hydrogens is 515 g/mol. The molecule has 2 aromatic carbocycles. The first-order chi connectivity index (χ1) is 15.0. The van der Waals surface area contributed by atoms with Crippen LogP contribution in [-0.2, 0) is 16.1 Å². The molecule has 0 aliphatic carbocycles. The Bertz CT molecular complexity index is 959. The zero-order chi connectivity index (χ0) is 24.0. The van der Waals surface area contributed by atoms with Gasteiger partial charge in [0.2, 0.25) is 5.91 Å². The van der Waals surface area contributed by atoms with E-state index in [9.17, 15) is 9.59 Å². The number of rotatable bonds is 9. The quantitative estimate of drug-likeness (QED) is 0.425. The lowest BCUT2D eigenvalue weighted by Crippen LogP contribution is -2.49. The molecule has 174 valence electrons. The molecule has 0 fully saturated rings. The van der Waals surface area contributed by atoms with Crippen LogP contribution in [0.1, 0.15) is 37.5 Å². The van der Waals surface area contributed by atoms with Crippen molar-refractivity contribution in [1.82, 2.24) is 10.2 Å². The maximum atomic E-state index is 13.2. The van der Waals surface area contributed by atoms with Crippen molar-refractivity contribution >= 4 is 50.9 Å². The third-order valence-corrected chi connectivity index (χ3v) is 6.82. The average molecular weight is 544 g/mol. The van der Waals surface area contributed by atoms with Gasteiger partial charge in [-0.05, 0) is 67.6 Å². The Labute approximate surface area is 208 Å². The minimum absolute atomic E-state index is 0.160. The zero-order valence-electron chi connectivity index (χ0n) is 19.0. The third kappa shape index (κ3) is 7.39. The van der Waals surface area contributed by atoms with Crippen molar-refractivity contribution in [3.63, 3.8) is 0 Å². The molecule has 2 rings (SSSR count). The molecule has 1 atom stereocenters. The molecule has 0 spiro atoms. The van der Waals surface area contributed by atoms with E-state index < -0.39 is 6.04 Å². The maximum absolute atomic E-state index is 13.2. The first kappa shape index (κ1) is 26.5. The van der Waals surface area contributed by atoms with Crippen LogP contribution in [-0.4, -0.2) is 35.9 Å². The number of nitrogens with one attached hydrogen (secondary N) is 1. The summed E-state index contributed by atoms with van der Waals surface area (Å²) in [5.74, 6) is 0.347. The fourth-order valence-electron chi connectivity index (χ4n) is 3.09. The second-order valence-electron chi connectivity index (χ2n) is 8.23. The Morgan fingerprint density at radius 2 is 1.72 bits per heavy atom. The minimum Gasteiger partial charge on any atom is -0.484 e. The monoisotopic (exact) mass is 542 g/mol. The van der Waals surface area contributed by atoms with Gasteiger partial charge in [0.15, 0.2) is 6.61 Å². The number of hydrogen-bond acceptors (Lipinski definition) is 3. The second kappa shape index (κ2) is 11.9. The van der Waals surface area contributed by atoms with Gasteiger partial charge in [-0.1, -0.05) is 59.0 Å². The standard InChI is InChI=1S/C24H29BrCl2N2O3/c1-14(2)11-28-24(31)17(5)29(12-18-6-7-19(26)10-21(18)27)22(30)13-32-20-8-15(3)23(25)16(4)9-20/h6-10,14,17H,11-13H2,1-5H3,(H,28,31)/t17-/m0/s1. The van der Waals surface area contributed by atoms with Crippen molar-refractivity contribution < 1.29 is 14.3 Å². The second-order valence-corrected chi connectivity index (χ2v) is 9.87. The summed E-state index contributed by atoms with van der Waals surface area (Å²) >= 11 is 15.9. The van der Waals surface area contributed by atoms with Crippen molar-refractivity contribution in [3.05, 3.63) is 61.5 Å². The summed E-state index contributed by atoms with van der Waals surface area (Å²) in [7, 11) is 0. The Morgan fingerprint density at radius 1 is 1.09 bits per heavy atom. The van der Waals surface area contributed by atoms with Crippen molar-refractivity contribution in [3.8, 4) is 5.75 Å². The van der Waals surface area contributed by atoms with E-state index >= 15 is 0 Å². The average Bonchev–Trinajstić information content (AvgIpc) is 2.72. The SMILES string of the molecule is Cc1cc(OCC(=O)N(Cc2ccc(Cl)cc2Cl)[C@@H](C)C(=O)NCC(C)C)cc(C)c1Br. The normalized spacial score (nSPS) is 11.9. The highest BCUT2D eigenvalue weighted by molar-refractivity contribution is 9.10. The van der Waals surface area contributed by atoms with E-state index in [4.69, 9.17) is 27.9 Å². The number of benzene rings is 2. The van der Waals surface area contributed by atoms with Crippen LogP contribution in [0.15, 0.2) is 34.8 Å². The molecule has 2 aromatic rings. The van der Waals surface area contributed by atoms with Crippen molar-refractivity contribution in [2.75, 3.05) is 13.2 Å². The number of ether oxygens (including phenoxy) is 1. The van der Waals surface area contributed by atoms with Gasteiger partial charge in [0.05, 0.1) is 0 Å². The van der Waals surface area contributed by atoms with Crippen LogP contribution in [0.5, 0.6) is 5.75 Å². The fraction of sp³-hybridized carbons (Fsp3) is 0.417. The van der Waals surface area contributed by atoms with E-state index in [2.05, 4.69) is 21.2 Å². The van der Waals surface area contributed by atoms with Crippen LogP contribution in [0, 0.1) is 19.8 Å². The van der Waals surface area contributed by atoms with Crippen molar-refractivity contribution in [1.29, 1.82) is 0 Å². The largest absolute Gasteiger partial charge is 0.484 e. The smallest absolute Gasteiger partial charge is 0.261 e. The van der Waals surface area contributed by atoms with Crippen LogP contribution in [0.3, 0.4) is 0 Å². The summed E-state index contributed by atoms with van der Waals surface area (Å²) in [5, 5.41) is 3.83. The molecule has 0 bridgehead atoms. The molecule has 2 amide bonds. The summed E-state index contributed by atoms with van der Waals surface area (Å²) < 4.78 is 6.79. The van der Waals surface area contributed by atoms with Gasteiger partial charge in [-0.25, -0.2) is 0 Å². The summed E-state index contributed by atoms with van der Waals surface area (Å²) in [6.45, 7) is 10.1. The van der Waals surface area contributed by atoms with Crippen molar-refractivity contribution in [2.45, 2.75) is 47.2 Å². The Kier molecular flexibility index (Phi) is 9.86. The summed E-state index contributed by atoms with van der Waals surface area (Å²) in [6, 6.07) is 8.11. The summed E-state index contributed by atoms with van der Waals surface area (Å²) in [6.07, 6.45) is 0. The molecule has 0 aromatic heterocycles. The van der Waals surface area contributed by atoms with E-state index in [-0.39, 0.29) is 25.0 Å². The molecule has 5 nitrogen and oxygen atoms in total. The fourth-order valence-corrected chi connectivity index (χ4v) is 3.78. The Morgan fingerprint density at radius 3 is 2.28 bits per heavy atom. The van der Waals surface area contributed by atoms with Gasteiger partial charge < -0.3 is 15.0 Å². The van der Waals surface area contributed by atoms with E-state index in [0.29, 0.717) is 33.8 Å². The molecule has 0 saturated heterocycles. The number of amides is 2. The van der Waals surface area contributed by atoms with Crippen LogP contribution < -0.4 is 10.1 Å². The first-order valence-corrected chi connectivity index (χ1v) is 11.9. The molecular formula is C24H29BrCl2N2O3. The molecule has 1 N–H and O–H groups in total. The van der Waals surface area contributed by atoms with Crippen LogP contribution in [0.25, 0.3) is 0 Å². The van der Waals surface area contributed by atoms with Gasteiger partial charge in [-0.2, -0.15) is 0 Å². The third-order valence-electron chi connectivity index (χ3n) is 4.98. The van der Waals surface area contributed by atoms with Gasteiger partial charge in [0.25, 0.3) is 5.91 Å². The summed E-state index contributed by atoms with van der Waals surface area (Å²) in [4.78, 5) is 27.4. The van der Waals surface area contributed by atoms with Crippen molar-refractivity contribution in [2.24, 2.45) is 5.92 Å². The molecule has 8 heteroatoms. The van der Waals surface area contributed by atoms with Crippen LogP contribution in [0.4, 0.5) is 0 Å². The number of carbonyl (C=O) groups is 2. The van der Waals surface area contributed by atoms with Crippen LogP contribution >= 0.6 is 39.1 Å². The van der Waals surface area contributed by atoms with Crippen LogP contribution in [0.2, 0.25) is 10.0 Å². The molecule has 0 aliphatic rings. The lowest BCUT2D eigenvalue weighted by molar-refractivity contribution is -0.142. The maximum Gasteiger partial charge on any atom is 0.261 e. The summed E-state index contributed by atoms with van der Waals surface area (Å²) in [5.41, 5.74) is 2.72. The topological polar surface area (TPSA) is 58.6 Å². The molecule has 0 unspecified atom stereocenters. The predicted molar refractivity (Wildman–Crippen MR) is 133 cm³/mol. The number of nitrogens with zero attached hydrogens (tertiary/aromatic N) is 1. The highest BCUT2D eigenvalue weighted by atomic mass is 79.9. The Balaban J connectivity index is 2.21. The minimum atomic E-state index is -0.704. The highest BCUT2D eigenvalue weighted by Gasteiger charge is 2.27. The van der Waals surface area contributed by atoms with E-state index in [1.165, 1.54) is 4.90 Å². The van der Waals surface area contributed by atoms with E-state index in [1.807, 2.05) is 39.8 Å². The molecule has 0 saturated carbocycles. The molecule has 0 aliphatic heterocycles. The van der Waals surface area contributed by atoms with Gasteiger partial charge in [-0.15, -0.1) is 0 Å². The number of aryl methyl sites for hydroxylation is 2. The van der Waals surface area contributed by atoms with Gasteiger partial charge in [-0.3, -0.25) is 9.59 Å². The lowest BCUT2D eigenvalue weighted by Gasteiger charge is -2.29. The highest BCUT2D eigenvalue weighted by Crippen LogP contribution is 2.27. The van der Waals surface area contributed by atoms with Gasteiger partial charge >= 0.3 is 0 Å².